The Bertz CT molecular complexity index is 445. The Labute approximate surface area is 114 Å². The summed E-state index contributed by atoms with van der Waals surface area (Å²) in [6.45, 7) is 6.70. The van der Waals surface area contributed by atoms with Crippen LogP contribution in [0, 0.1) is 11.3 Å². The van der Waals surface area contributed by atoms with Gasteiger partial charge in [0.05, 0.1) is 5.60 Å². The second-order valence-electron chi connectivity index (χ2n) is 6.66. The third-order valence-corrected chi connectivity index (χ3v) is 6.02. The van der Waals surface area contributed by atoms with E-state index in [0.717, 1.165) is 32.4 Å². The van der Waals surface area contributed by atoms with E-state index < -0.39 is 5.60 Å². The van der Waals surface area contributed by atoms with E-state index in [4.69, 9.17) is 0 Å². The van der Waals surface area contributed by atoms with Gasteiger partial charge in [-0.2, -0.15) is 0 Å². The molecule has 1 atom stereocenters. The van der Waals surface area contributed by atoms with Crippen molar-refractivity contribution in [3.05, 3.63) is 21.9 Å². The van der Waals surface area contributed by atoms with Crippen molar-refractivity contribution in [3.8, 4) is 0 Å². The first kappa shape index (κ1) is 12.6. The van der Waals surface area contributed by atoms with Gasteiger partial charge in [0.15, 0.2) is 0 Å². The molecule has 3 heteroatoms. The minimum absolute atomic E-state index is 0.0179. The molecule has 0 bridgehead atoms. The highest BCUT2D eigenvalue weighted by Gasteiger charge is 2.56. The van der Waals surface area contributed by atoms with Crippen molar-refractivity contribution in [1.82, 2.24) is 4.90 Å². The molecule has 18 heavy (non-hydrogen) atoms. The van der Waals surface area contributed by atoms with E-state index in [9.17, 15) is 5.11 Å². The maximum Gasteiger partial charge on any atom is 0.0990 e. The van der Waals surface area contributed by atoms with Crippen molar-refractivity contribution in [2.24, 2.45) is 11.3 Å². The Hall–Kier alpha value is -0.380. The lowest BCUT2D eigenvalue weighted by molar-refractivity contribution is -0.121. The number of piperidine rings is 1. The van der Waals surface area contributed by atoms with Crippen LogP contribution in [0.1, 0.15) is 37.1 Å². The maximum absolute atomic E-state index is 11.5. The zero-order valence-corrected chi connectivity index (χ0v) is 12.4. The summed E-state index contributed by atoms with van der Waals surface area (Å²) < 4.78 is 0. The van der Waals surface area contributed by atoms with E-state index in [1.165, 1.54) is 10.4 Å². The fourth-order valence-corrected chi connectivity index (χ4v) is 5.08. The summed E-state index contributed by atoms with van der Waals surface area (Å²) in [7, 11) is 2.18. The van der Waals surface area contributed by atoms with E-state index in [2.05, 4.69) is 37.2 Å². The normalized spacial score (nSPS) is 32.7. The number of nitrogens with zero attached hydrogens (tertiary/aromatic N) is 1. The number of fused-ring (bicyclic) bond motifs is 1. The highest BCUT2D eigenvalue weighted by Crippen LogP contribution is 2.57. The monoisotopic (exact) mass is 265 g/mol. The summed E-state index contributed by atoms with van der Waals surface area (Å²) in [4.78, 5) is 3.78. The van der Waals surface area contributed by atoms with Crippen LogP contribution < -0.4 is 0 Å². The molecule has 0 saturated carbocycles. The lowest BCUT2D eigenvalue weighted by Crippen LogP contribution is -2.48. The first-order chi connectivity index (χ1) is 8.45. The highest BCUT2D eigenvalue weighted by molar-refractivity contribution is 7.10. The third kappa shape index (κ3) is 1.60. The van der Waals surface area contributed by atoms with E-state index in [0.29, 0.717) is 5.92 Å². The Morgan fingerprint density at radius 3 is 2.67 bits per heavy atom. The first-order valence-electron chi connectivity index (χ1n) is 6.93. The lowest BCUT2D eigenvalue weighted by atomic mass is 9.65. The number of aliphatic hydroxyl groups is 1. The predicted molar refractivity (Wildman–Crippen MR) is 75.9 cm³/mol. The summed E-state index contributed by atoms with van der Waals surface area (Å²) in [5, 5.41) is 13.6. The second-order valence-corrected chi connectivity index (χ2v) is 7.66. The molecule has 1 fully saturated rings. The first-order valence-corrected chi connectivity index (χ1v) is 7.81. The quantitative estimate of drug-likeness (QED) is 0.844. The molecule has 1 aliphatic carbocycles. The van der Waals surface area contributed by atoms with Gasteiger partial charge in [0.2, 0.25) is 0 Å². The molecular weight excluding hydrogens is 242 g/mol. The summed E-state index contributed by atoms with van der Waals surface area (Å²) >= 11 is 1.81. The van der Waals surface area contributed by atoms with Crippen molar-refractivity contribution in [3.63, 3.8) is 0 Å². The summed E-state index contributed by atoms with van der Waals surface area (Å²) in [5.41, 5.74) is 0.603. The molecule has 1 aromatic rings. The van der Waals surface area contributed by atoms with Crippen molar-refractivity contribution >= 4 is 11.3 Å². The van der Waals surface area contributed by atoms with Gasteiger partial charge in [0, 0.05) is 10.3 Å². The minimum Gasteiger partial charge on any atom is -0.384 e. The summed E-state index contributed by atoms with van der Waals surface area (Å²) in [6.07, 6.45) is 3.26. The molecule has 0 spiro atoms. The summed E-state index contributed by atoms with van der Waals surface area (Å²) in [5.74, 6) is 0.416. The van der Waals surface area contributed by atoms with E-state index in [1.54, 1.807) is 0 Å². The fourth-order valence-electron chi connectivity index (χ4n) is 3.92. The molecule has 1 aromatic heterocycles. The number of rotatable bonds is 1. The number of likely N-dealkylation sites (tertiary alicyclic amines) is 1. The van der Waals surface area contributed by atoms with Crippen LogP contribution in [0.15, 0.2) is 11.4 Å². The maximum atomic E-state index is 11.5. The van der Waals surface area contributed by atoms with Crippen LogP contribution in [0.3, 0.4) is 0 Å². The Morgan fingerprint density at radius 2 is 2.00 bits per heavy atom. The number of hydrogen-bond acceptors (Lipinski definition) is 3. The van der Waals surface area contributed by atoms with Crippen LogP contribution >= 0.6 is 11.3 Å². The number of hydrogen-bond donors (Lipinski definition) is 1. The van der Waals surface area contributed by atoms with Crippen molar-refractivity contribution < 1.29 is 5.11 Å². The smallest absolute Gasteiger partial charge is 0.0990 e. The van der Waals surface area contributed by atoms with Crippen LogP contribution in [0.25, 0.3) is 0 Å². The van der Waals surface area contributed by atoms with Crippen LogP contribution in [0.2, 0.25) is 0 Å². The highest BCUT2D eigenvalue weighted by atomic mass is 32.1. The van der Waals surface area contributed by atoms with Gasteiger partial charge in [0.25, 0.3) is 0 Å². The molecule has 2 aliphatic rings. The largest absolute Gasteiger partial charge is 0.384 e. The lowest BCUT2D eigenvalue weighted by Gasteiger charge is -2.46. The topological polar surface area (TPSA) is 23.5 Å². The Kier molecular flexibility index (Phi) is 2.85. The van der Waals surface area contributed by atoms with E-state index in [1.807, 2.05) is 11.3 Å². The average Bonchev–Trinajstić information content (AvgIpc) is 2.82. The van der Waals surface area contributed by atoms with Crippen LogP contribution in [-0.2, 0) is 12.0 Å². The van der Waals surface area contributed by atoms with Gasteiger partial charge in [-0.3, -0.25) is 0 Å². The molecule has 1 unspecified atom stereocenters. The fraction of sp³-hybridized carbons (Fsp3) is 0.733. The average molecular weight is 265 g/mol. The van der Waals surface area contributed by atoms with Crippen LogP contribution in [0.4, 0.5) is 0 Å². The van der Waals surface area contributed by atoms with Crippen LogP contribution in [-0.4, -0.2) is 30.1 Å². The molecule has 2 nitrogen and oxygen atoms in total. The van der Waals surface area contributed by atoms with Gasteiger partial charge in [-0.05, 0) is 62.3 Å². The summed E-state index contributed by atoms with van der Waals surface area (Å²) in [6, 6.07) is 2.16. The van der Waals surface area contributed by atoms with Gasteiger partial charge in [-0.15, -0.1) is 11.3 Å². The van der Waals surface area contributed by atoms with Gasteiger partial charge >= 0.3 is 0 Å². The Morgan fingerprint density at radius 1 is 1.33 bits per heavy atom. The minimum atomic E-state index is -0.608. The molecule has 0 amide bonds. The zero-order valence-electron chi connectivity index (χ0n) is 11.6. The zero-order chi connectivity index (χ0) is 13.0. The predicted octanol–water partition coefficient (Wildman–Crippen LogP) is 2.86. The third-order valence-electron chi connectivity index (χ3n) is 5.10. The van der Waals surface area contributed by atoms with Gasteiger partial charge in [-0.25, -0.2) is 0 Å². The van der Waals surface area contributed by atoms with Gasteiger partial charge in [-0.1, -0.05) is 13.8 Å². The van der Waals surface area contributed by atoms with E-state index in [-0.39, 0.29) is 5.41 Å². The standard InChI is InChI=1S/C15H23NOS/c1-14(2)10-13-12(6-9-18-13)15(14,17)11-4-7-16(3)8-5-11/h6,9,11,17H,4-5,7-8,10H2,1-3H3. The molecule has 0 radical (unpaired) electrons. The van der Waals surface area contributed by atoms with Crippen LogP contribution in [0.5, 0.6) is 0 Å². The van der Waals surface area contributed by atoms with Crippen molar-refractivity contribution in [2.75, 3.05) is 20.1 Å². The molecule has 1 saturated heterocycles. The molecule has 0 aromatic carbocycles. The Balaban J connectivity index is 1.97. The molecule has 3 rings (SSSR count). The number of thiophene rings is 1. The molecular formula is C15H23NOS. The molecule has 100 valence electrons. The SMILES string of the molecule is CN1CCC(C2(O)c3ccsc3CC2(C)C)CC1. The van der Waals surface area contributed by atoms with Crippen molar-refractivity contribution in [2.45, 2.75) is 38.7 Å². The molecule has 1 N–H and O–H groups in total. The molecule has 2 heterocycles. The van der Waals surface area contributed by atoms with E-state index >= 15 is 0 Å². The molecule has 1 aliphatic heterocycles. The van der Waals surface area contributed by atoms with Gasteiger partial charge in [0.1, 0.15) is 0 Å². The van der Waals surface area contributed by atoms with Gasteiger partial charge < -0.3 is 10.0 Å². The second kappa shape index (κ2) is 4.06. The van der Waals surface area contributed by atoms with Crippen molar-refractivity contribution in [1.29, 1.82) is 0 Å².